The van der Waals surface area contributed by atoms with Crippen molar-refractivity contribution in [2.75, 3.05) is 13.2 Å². The second kappa shape index (κ2) is 7.82. The molecule has 9 heteroatoms. The topological polar surface area (TPSA) is 74.3 Å². The second-order valence-corrected chi connectivity index (χ2v) is 6.87. The van der Waals surface area contributed by atoms with E-state index < -0.39 is 0 Å². The van der Waals surface area contributed by atoms with Crippen LogP contribution in [0.2, 0.25) is 0 Å². The number of benzene rings is 1. The van der Waals surface area contributed by atoms with Crippen molar-refractivity contribution in [3.8, 4) is 0 Å². The smallest absolute Gasteiger partial charge is 0.270 e. The molecule has 0 aliphatic carbocycles. The van der Waals surface area contributed by atoms with Gasteiger partial charge in [-0.2, -0.15) is 10.1 Å². The van der Waals surface area contributed by atoms with E-state index in [1.54, 1.807) is 0 Å². The predicted molar refractivity (Wildman–Crippen MR) is 94.6 cm³/mol. The molecule has 0 aliphatic rings. The average molecular weight is 410 g/mol. The highest BCUT2D eigenvalue weighted by atomic mass is 79.9. The molecule has 2 heterocycles. The van der Waals surface area contributed by atoms with E-state index in [1.807, 2.05) is 29.7 Å². The molecule has 7 nitrogen and oxygen atoms in total. The molecule has 0 fully saturated rings. The maximum atomic E-state index is 12.2. The fraction of sp³-hybridized carbons (Fsp3) is 0.333. The van der Waals surface area contributed by atoms with E-state index in [4.69, 9.17) is 4.74 Å². The van der Waals surface area contributed by atoms with E-state index in [1.165, 1.54) is 28.7 Å². The van der Waals surface area contributed by atoms with Crippen molar-refractivity contribution < 1.29 is 9.53 Å². The Hall–Kier alpha value is -1.84. The molecule has 1 aromatic carbocycles. The largest absolute Gasteiger partial charge is 0.380 e. The van der Waals surface area contributed by atoms with Crippen LogP contribution in [0.4, 0.5) is 0 Å². The van der Waals surface area contributed by atoms with Crippen LogP contribution < -0.4 is 4.80 Å². The lowest BCUT2D eigenvalue weighted by Gasteiger charge is -2.05. The highest BCUT2D eigenvalue weighted by molar-refractivity contribution is 9.10. The third-order valence-corrected chi connectivity index (χ3v) is 4.83. The lowest BCUT2D eigenvalue weighted by Crippen LogP contribution is -2.21. The van der Waals surface area contributed by atoms with Crippen LogP contribution in [-0.2, 0) is 22.6 Å². The molecule has 0 saturated heterocycles. The van der Waals surface area contributed by atoms with Crippen LogP contribution in [0, 0.1) is 0 Å². The molecule has 0 radical (unpaired) electrons. The Morgan fingerprint density at radius 3 is 3.08 bits per heavy atom. The van der Waals surface area contributed by atoms with Gasteiger partial charge in [0.25, 0.3) is 5.91 Å². The molecule has 24 heavy (non-hydrogen) atoms. The standard InChI is InChI=1S/C15H16BrN5O2S/c1-2-23-6-5-21-12-4-3-11(16)7-13(12)24-15(21)19-14(22)8-20-10-17-9-18-20/h3-4,7,9-10H,2,5-6,8H2,1H3. The van der Waals surface area contributed by atoms with Gasteiger partial charge in [0.1, 0.15) is 19.2 Å². The molecule has 2 aromatic heterocycles. The molecule has 0 bridgehead atoms. The number of amides is 1. The van der Waals surface area contributed by atoms with Crippen LogP contribution in [0.5, 0.6) is 0 Å². The normalized spacial score (nSPS) is 12.2. The highest BCUT2D eigenvalue weighted by Gasteiger charge is 2.09. The summed E-state index contributed by atoms with van der Waals surface area (Å²) in [6.45, 7) is 3.91. The van der Waals surface area contributed by atoms with Gasteiger partial charge >= 0.3 is 0 Å². The first kappa shape index (κ1) is 17.0. The van der Waals surface area contributed by atoms with Crippen LogP contribution >= 0.6 is 27.3 Å². The Kier molecular flexibility index (Phi) is 5.54. The van der Waals surface area contributed by atoms with E-state index in [0.717, 1.165) is 14.7 Å². The van der Waals surface area contributed by atoms with Crippen molar-refractivity contribution in [1.29, 1.82) is 0 Å². The van der Waals surface area contributed by atoms with Gasteiger partial charge in [0.15, 0.2) is 4.80 Å². The number of carbonyl (C=O) groups is 1. The summed E-state index contributed by atoms with van der Waals surface area (Å²) in [6.07, 6.45) is 2.89. The lowest BCUT2D eigenvalue weighted by molar-refractivity contribution is -0.118. The van der Waals surface area contributed by atoms with E-state index in [2.05, 4.69) is 31.0 Å². The van der Waals surface area contributed by atoms with Crippen LogP contribution in [0.3, 0.4) is 0 Å². The number of hydrogen-bond donors (Lipinski definition) is 0. The minimum absolute atomic E-state index is 0.0728. The molecular weight excluding hydrogens is 394 g/mol. The third kappa shape index (κ3) is 3.97. The van der Waals surface area contributed by atoms with Crippen LogP contribution in [0.25, 0.3) is 10.2 Å². The van der Waals surface area contributed by atoms with Crippen molar-refractivity contribution in [2.24, 2.45) is 4.99 Å². The molecule has 0 atom stereocenters. The Balaban J connectivity index is 1.96. The Labute approximate surface area is 150 Å². The van der Waals surface area contributed by atoms with Crippen LogP contribution in [-0.4, -0.2) is 38.5 Å². The first-order valence-corrected chi connectivity index (χ1v) is 9.05. The summed E-state index contributed by atoms with van der Waals surface area (Å²) in [4.78, 5) is 21.0. The van der Waals surface area contributed by atoms with Gasteiger partial charge in [-0.3, -0.25) is 4.79 Å². The lowest BCUT2D eigenvalue weighted by atomic mass is 10.3. The molecular formula is C15H16BrN5O2S. The molecule has 0 aliphatic heterocycles. The molecule has 0 saturated carbocycles. The Morgan fingerprint density at radius 1 is 1.46 bits per heavy atom. The molecule has 1 amide bonds. The number of hydrogen-bond acceptors (Lipinski definition) is 5. The van der Waals surface area contributed by atoms with E-state index in [9.17, 15) is 4.79 Å². The number of halogens is 1. The number of carbonyl (C=O) groups excluding carboxylic acids is 1. The number of nitrogens with zero attached hydrogens (tertiary/aromatic N) is 5. The summed E-state index contributed by atoms with van der Waals surface area (Å²) >= 11 is 4.96. The summed E-state index contributed by atoms with van der Waals surface area (Å²) in [7, 11) is 0. The molecule has 3 aromatic rings. The SMILES string of the molecule is CCOCCn1c(=NC(=O)Cn2cncn2)sc2cc(Br)ccc21. The fourth-order valence-corrected chi connectivity index (χ4v) is 3.87. The Bertz CT molecular complexity index is 900. The summed E-state index contributed by atoms with van der Waals surface area (Å²) in [6, 6.07) is 6.02. The van der Waals surface area contributed by atoms with Gasteiger partial charge in [0.05, 0.1) is 16.8 Å². The van der Waals surface area contributed by atoms with Gasteiger partial charge in [-0.05, 0) is 25.1 Å². The van der Waals surface area contributed by atoms with Gasteiger partial charge in [0.2, 0.25) is 0 Å². The van der Waals surface area contributed by atoms with Crippen molar-refractivity contribution in [2.45, 2.75) is 20.0 Å². The highest BCUT2D eigenvalue weighted by Crippen LogP contribution is 2.22. The zero-order valence-corrected chi connectivity index (χ0v) is 15.5. The zero-order valence-electron chi connectivity index (χ0n) is 13.1. The van der Waals surface area contributed by atoms with Crippen molar-refractivity contribution in [1.82, 2.24) is 19.3 Å². The van der Waals surface area contributed by atoms with Crippen LogP contribution in [0.15, 0.2) is 40.3 Å². The minimum atomic E-state index is -0.267. The number of fused-ring (bicyclic) bond motifs is 1. The van der Waals surface area contributed by atoms with Crippen molar-refractivity contribution >= 4 is 43.4 Å². The summed E-state index contributed by atoms with van der Waals surface area (Å²) in [5.41, 5.74) is 1.04. The summed E-state index contributed by atoms with van der Waals surface area (Å²) in [5.74, 6) is -0.267. The molecule has 126 valence electrons. The molecule has 0 N–H and O–H groups in total. The predicted octanol–water partition coefficient (Wildman–Crippen LogP) is 2.22. The Morgan fingerprint density at radius 2 is 2.33 bits per heavy atom. The maximum Gasteiger partial charge on any atom is 0.270 e. The monoisotopic (exact) mass is 409 g/mol. The maximum absolute atomic E-state index is 12.2. The number of aromatic nitrogens is 4. The average Bonchev–Trinajstić information content (AvgIpc) is 3.15. The fourth-order valence-electron chi connectivity index (χ4n) is 2.24. The first-order chi connectivity index (χ1) is 11.7. The van der Waals surface area contributed by atoms with E-state index >= 15 is 0 Å². The van der Waals surface area contributed by atoms with Gasteiger partial charge in [-0.15, -0.1) is 0 Å². The minimum Gasteiger partial charge on any atom is -0.380 e. The summed E-state index contributed by atoms with van der Waals surface area (Å²) < 4.78 is 11.0. The quantitative estimate of drug-likeness (QED) is 0.585. The van der Waals surface area contributed by atoms with Crippen molar-refractivity contribution in [3.63, 3.8) is 0 Å². The zero-order chi connectivity index (χ0) is 16.9. The van der Waals surface area contributed by atoms with Gasteiger partial charge in [-0.1, -0.05) is 27.3 Å². The van der Waals surface area contributed by atoms with Gasteiger partial charge < -0.3 is 9.30 Å². The van der Waals surface area contributed by atoms with E-state index in [-0.39, 0.29) is 12.5 Å². The molecule has 0 spiro atoms. The van der Waals surface area contributed by atoms with E-state index in [0.29, 0.717) is 24.6 Å². The summed E-state index contributed by atoms with van der Waals surface area (Å²) in [5, 5.41) is 3.93. The van der Waals surface area contributed by atoms with Crippen molar-refractivity contribution in [3.05, 3.63) is 40.1 Å². The third-order valence-electron chi connectivity index (χ3n) is 3.29. The number of rotatable bonds is 6. The number of ether oxygens (including phenoxy) is 1. The molecule has 3 rings (SSSR count). The van der Waals surface area contributed by atoms with Crippen LogP contribution in [0.1, 0.15) is 6.92 Å². The second-order valence-electron chi connectivity index (χ2n) is 4.94. The van der Waals surface area contributed by atoms with Gasteiger partial charge in [-0.25, -0.2) is 9.67 Å². The molecule has 0 unspecified atom stereocenters. The van der Waals surface area contributed by atoms with Gasteiger partial charge in [0, 0.05) is 17.6 Å². The number of thiazole rings is 1. The first-order valence-electron chi connectivity index (χ1n) is 7.44.